The summed E-state index contributed by atoms with van der Waals surface area (Å²) in [5, 5.41) is 1.57. The van der Waals surface area contributed by atoms with Crippen molar-refractivity contribution in [1.82, 2.24) is 10.0 Å². The van der Waals surface area contributed by atoms with Crippen LogP contribution >= 0.6 is 12.4 Å². The summed E-state index contributed by atoms with van der Waals surface area (Å²) in [4.78, 5) is 11.0. The third-order valence-electron chi connectivity index (χ3n) is 2.68. The van der Waals surface area contributed by atoms with Gasteiger partial charge in [-0.3, -0.25) is 4.79 Å². The van der Waals surface area contributed by atoms with Gasteiger partial charge in [0.25, 0.3) is 11.8 Å². The van der Waals surface area contributed by atoms with Crippen LogP contribution in [-0.2, 0) is 10.0 Å². The molecular formula is C12H15ClF5N3O3S. The van der Waals surface area contributed by atoms with Crippen LogP contribution in [0.5, 0.6) is 0 Å². The van der Waals surface area contributed by atoms with Gasteiger partial charge in [-0.1, -0.05) is 6.07 Å². The average Bonchev–Trinajstić information content (AvgIpc) is 2.50. The Kier molecular flexibility index (Phi) is 8.21. The van der Waals surface area contributed by atoms with E-state index in [1.165, 1.54) is 0 Å². The predicted molar refractivity (Wildman–Crippen MR) is 81.3 cm³/mol. The van der Waals surface area contributed by atoms with Crippen LogP contribution in [0.25, 0.3) is 0 Å². The monoisotopic (exact) mass is 411 g/mol. The fraction of sp³-hybridized carbons (Fsp3) is 0.417. The number of nitrogens with two attached hydrogens (primary N) is 1. The summed E-state index contributed by atoms with van der Waals surface area (Å²) >= 11 is 0. The molecule has 0 saturated carbocycles. The zero-order chi connectivity index (χ0) is 18.6. The number of halogens is 6. The Hall–Kier alpha value is -1.50. The Morgan fingerprint density at radius 2 is 1.72 bits per heavy atom. The fourth-order valence-electron chi connectivity index (χ4n) is 1.44. The highest BCUT2D eigenvalue weighted by Crippen LogP contribution is 2.16. The molecule has 0 aliphatic rings. The zero-order valence-electron chi connectivity index (χ0n) is 12.4. The molecule has 0 aromatic heterocycles. The Labute approximate surface area is 146 Å². The van der Waals surface area contributed by atoms with Crippen LogP contribution in [0.15, 0.2) is 29.2 Å². The first-order chi connectivity index (χ1) is 10.9. The van der Waals surface area contributed by atoms with E-state index >= 15 is 0 Å². The first-order valence-electron chi connectivity index (χ1n) is 6.39. The third kappa shape index (κ3) is 7.94. The molecule has 0 unspecified atom stereocenters. The molecule has 25 heavy (non-hydrogen) atoms. The van der Waals surface area contributed by atoms with Crippen molar-refractivity contribution in [2.24, 2.45) is 5.73 Å². The number of amides is 1. The number of sulfonamides is 1. The third-order valence-corrected chi connectivity index (χ3v) is 4.07. The molecule has 0 fully saturated rings. The summed E-state index contributed by atoms with van der Waals surface area (Å²) in [7, 11) is -4.39. The van der Waals surface area contributed by atoms with E-state index in [0.717, 1.165) is 24.3 Å². The Balaban J connectivity index is 0.00000576. The largest absolute Gasteiger partial charge is 0.405 e. The van der Waals surface area contributed by atoms with Gasteiger partial charge in [0.2, 0.25) is 10.0 Å². The topological polar surface area (TPSA) is 101 Å². The maximum atomic E-state index is 13.0. The molecule has 1 amide bonds. The van der Waals surface area contributed by atoms with Crippen molar-refractivity contribution in [3.05, 3.63) is 29.8 Å². The Morgan fingerprint density at radius 3 is 2.24 bits per heavy atom. The number of nitrogens with one attached hydrogen (secondary N) is 2. The van der Waals surface area contributed by atoms with Gasteiger partial charge in [0.15, 0.2) is 0 Å². The van der Waals surface area contributed by atoms with Crippen molar-refractivity contribution < 1.29 is 35.2 Å². The standard InChI is InChI=1S/C12H14F5N3O3S.ClH/c13-11(14,5-18)6-20-24(22,23)9-3-1-2-8(4-9)10(21)19-7-12(15,16)17;/h1-4,20H,5-7,18H2,(H,19,21);1H. The van der Waals surface area contributed by atoms with Gasteiger partial charge in [-0.25, -0.2) is 21.9 Å². The lowest BCUT2D eigenvalue weighted by molar-refractivity contribution is -0.123. The normalized spacial score (nSPS) is 12.4. The molecule has 13 heteroatoms. The molecule has 6 nitrogen and oxygen atoms in total. The van der Waals surface area contributed by atoms with E-state index in [2.05, 4.69) is 0 Å². The van der Waals surface area contributed by atoms with Crippen molar-refractivity contribution >= 4 is 28.3 Å². The number of rotatable bonds is 7. The van der Waals surface area contributed by atoms with E-state index in [4.69, 9.17) is 5.73 Å². The van der Waals surface area contributed by atoms with Gasteiger partial charge in [-0.05, 0) is 18.2 Å². The second kappa shape index (κ2) is 8.74. The van der Waals surface area contributed by atoms with Crippen LogP contribution < -0.4 is 15.8 Å². The Bertz CT molecular complexity index is 697. The van der Waals surface area contributed by atoms with Gasteiger partial charge in [0.05, 0.1) is 18.0 Å². The van der Waals surface area contributed by atoms with Crippen LogP contribution in [0.1, 0.15) is 10.4 Å². The van der Waals surface area contributed by atoms with Crippen molar-refractivity contribution in [2.75, 3.05) is 19.6 Å². The molecule has 144 valence electrons. The summed E-state index contributed by atoms with van der Waals surface area (Å²) in [5.41, 5.74) is 4.41. The van der Waals surface area contributed by atoms with E-state index < -0.39 is 52.6 Å². The number of alkyl halides is 5. The molecule has 0 radical (unpaired) electrons. The first kappa shape index (κ1) is 23.5. The quantitative estimate of drug-likeness (QED) is 0.588. The molecular weight excluding hydrogens is 397 g/mol. The van der Waals surface area contributed by atoms with Crippen molar-refractivity contribution in [2.45, 2.75) is 17.0 Å². The van der Waals surface area contributed by atoms with Crippen molar-refractivity contribution in [3.63, 3.8) is 0 Å². The predicted octanol–water partition coefficient (Wildman–Crippen LogP) is 1.27. The molecule has 0 saturated heterocycles. The van der Waals surface area contributed by atoms with Crippen LogP contribution in [0.4, 0.5) is 22.0 Å². The second-order valence-electron chi connectivity index (χ2n) is 4.71. The van der Waals surface area contributed by atoms with Gasteiger partial charge in [0, 0.05) is 5.56 Å². The Morgan fingerprint density at radius 1 is 1.12 bits per heavy atom. The molecule has 0 aliphatic carbocycles. The number of carbonyl (C=O) groups excluding carboxylic acids is 1. The first-order valence-corrected chi connectivity index (χ1v) is 7.87. The summed E-state index contributed by atoms with van der Waals surface area (Å²) in [6, 6.07) is 3.95. The maximum Gasteiger partial charge on any atom is 0.405 e. The minimum absolute atomic E-state index is 0. The van der Waals surface area contributed by atoms with Gasteiger partial charge in [-0.2, -0.15) is 13.2 Å². The van der Waals surface area contributed by atoms with Gasteiger partial charge >= 0.3 is 6.18 Å². The summed E-state index contributed by atoms with van der Waals surface area (Å²) in [6.07, 6.45) is -4.63. The molecule has 0 spiro atoms. The second-order valence-corrected chi connectivity index (χ2v) is 6.48. The van der Waals surface area contributed by atoms with Crippen LogP contribution in [-0.4, -0.2) is 46.1 Å². The van der Waals surface area contributed by atoms with E-state index in [1.807, 2.05) is 0 Å². The molecule has 1 aromatic carbocycles. The SMILES string of the molecule is Cl.NCC(F)(F)CNS(=O)(=O)c1cccc(C(=O)NCC(F)(F)F)c1. The molecule has 4 N–H and O–H groups in total. The lowest BCUT2D eigenvalue weighted by Gasteiger charge is -2.15. The molecule has 1 rings (SSSR count). The minimum Gasteiger partial charge on any atom is -0.343 e. The average molecular weight is 412 g/mol. The molecule has 0 heterocycles. The molecule has 1 aromatic rings. The van der Waals surface area contributed by atoms with E-state index in [0.29, 0.717) is 0 Å². The smallest absolute Gasteiger partial charge is 0.343 e. The van der Waals surface area contributed by atoms with Gasteiger partial charge in [-0.15, -0.1) is 12.4 Å². The number of hydrogen-bond acceptors (Lipinski definition) is 4. The molecule has 0 aliphatic heterocycles. The molecule has 0 bridgehead atoms. The lowest BCUT2D eigenvalue weighted by atomic mass is 10.2. The molecule has 0 atom stereocenters. The summed E-state index contributed by atoms with van der Waals surface area (Å²) in [6.45, 7) is -3.92. The van der Waals surface area contributed by atoms with E-state index in [1.54, 1.807) is 10.0 Å². The van der Waals surface area contributed by atoms with Gasteiger partial charge < -0.3 is 11.1 Å². The van der Waals surface area contributed by atoms with Crippen molar-refractivity contribution in [3.8, 4) is 0 Å². The van der Waals surface area contributed by atoms with Gasteiger partial charge in [0.1, 0.15) is 6.54 Å². The van der Waals surface area contributed by atoms with Crippen molar-refractivity contribution in [1.29, 1.82) is 0 Å². The van der Waals surface area contributed by atoms with E-state index in [-0.39, 0.29) is 18.0 Å². The number of carbonyl (C=O) groups is 1. The zero-order valence-corrected chi connectivity index (χ0v) is 14.1. The fourth-order valence-corrected chi connectivity index (χ4v) is 2.55. The van der Waals surface area contributed by atoms with Crippen LogP contribution in [0, 0.1) is 0 Å². The number of hydrogen-bond donors (Lipinski definition) is 3. The van der Waals surface area contributed by atoms with Crippen LogP contribution in [0.2, 0.25) is 0 Å². The summed E-state index contributed by atoms with van der Waals surface area (Å²) in [5.74, 6) is -4.62. The highest BCUT2D eigenvalue weighted by Gasteiger charge is 2.30. The minimum atomic E-state index is -4.63. The lowest BCUT2D eigenvalue weighted by Crippen LogP contribution is -2.41. The van der Waals surface area contributed by atoms with E-state index in [9.17, 15) is 35.2 Å². The van der Waals surface area contributed by atoms with Crippen LogP contribution in [0.3, 0.4) is 0 Å². The highest BCUT2D eigenvalue weighted by atomic mass is 35.5. The highest BCUT2D eigenvalue weighted by molar-refractivity contribution is 7.89. The summed E-state index contributed by atoms with van der Waals surface area (Å²) < 4.78 is 87.5. The maximum absolute atomic E-state index is 13.0. The number of benzene rings is 1.